The topological polar surface area (TPSA) is 29.9 Å². The van der Waals surface area contributed by atoms with Gasteiger partial charge in [-0.25, -0.2) is 4.98 Å². The Hall–Kier alpha value is -1.77. The summed E-state index contributed by atoms with van der Waals surface area (Å²) in [6.45, 7) is 8.33. The lowest BCUT2D eigenvalue weighted by Gasteiger charge is -2.12. The molecule has 2 rings (SSSR count). The van der Waals surface area contributed by atoms with E-state index in [2.05, 4.69) is 53.8 Å². The van der Waals surface area contributed by atoms with E-state index in [1.54, 1.807) is 0 Å². The molecule has 0 saturated carbocycles. The van der Waals surface area contributed by atoms with E-state index >= 15 is 0 Å². The fraction of sp³-hybridized carbons (Fsp3) is 0.400. The largest absolute Gasteiger partial charge is 0.379 e. The molecule has 0 aliphatic heterocycles. The SMILES string of the molecule is CCCn1cncc1CNc1cccc(C)c1C. The normalized spacial score (nSPS) is 10.6. The molecular weight excluding hydrogens is 222 g/mol. The van der Waals surface area contributed by atoms with Crippen molar-refractivity contribution < 1.29 is 0 Å². The molecule has 0 unspecified atom stereocenters. The Morgan fingerprint density at radius 1 is 1.28 bits per heavy atom. The maximum absolute atomic E-state index is 4.22. The number of aromatic nitrogens is 2. The maximum Gasteiger partial charge on any atom is 0.0948 e. The second-order valence-electron chi connectivity index (χ2n) is 4.68. The Morgan fingerprint density at radius 3 is 2.89 bits per heavy atom. The van der Waals surface area contributed by atoms with E-state index < -0.39 is 0 Å². The summed E-state index contributed by atoms with van der Waals surface area (Å²) in [5.74, 6) is 0. The lowest BCUT2D eigenvalue weighted by Crippen LogP contribution is -2.07. The third-order valence-electron chi connectivity index (χ3n) is 3.33. The molecule has 0 saturated heterocycles. The van der Waals surface area contributed by atoms with Gasteiger partial charge in [0, 0.05) is 18.4 Å². The highest BCUT2D eigenvalue weighted by molar-refractivity contribution is 5.53. The molecule has 1 heterocycles. The van der Waals surface area contributed by atoms with Gasteiger partial charge in [-0.05, 0) is 37.5 Å². The number of aryl methyl sites for hydroxylation is 2. The van der Waals surface area contributed by atoms with Gasteiger partial charge >= 0.3 is 0 Å². The van der Waals surface area contributed by atoms with Crippen molar-refractivity contribution in [2.75, 3.05) is 5.32 Å². The summed E-state index contributed by atoms with van der Waals surface area (Å²) in [5, 5.41) is 3.49. The zero-order valence-corrected chi connectivity index (χ0v) is 11.4. The lowest BCUT2D eigenvalue weighted by molar-refractivity contribution is 0.651. The molecule has 3 nitrogen and oxygen atoms in total. The average Bonchev–Trinajstić information content (AvgIpc) is 2.79. The molecule has 0 radical (unpaired) electrons. The van der Waals surface area contributed by atoms with E-state index in [0.29, 0.717) is 0 Å². The summed E-state index contributed by atoms with van der Waals surface area (Å²) in [4.78, 5) is 4.22. The van der Waals surface area contributed by atoms with Crippen molar-refractivity contribution in [3.63, 3.8) is 0 Å². The molecule has 0 aliphatic carbocycles. The average molecular weight is 243 g/mol. The van der Waals surface area contributed by atoms with Crippen LogP contribution in [0, 0.1) is 13.8 Å². The highest BCUT2D eigenvalue weighted by Crippen LogP contribution is 2.18. The molecule has 1 aromatic carbocycles. The molecule has 0 fully saturated rings. The van der Waals surface area contributed by atoms with Gasteiger partial charge in [0.05, 0.1) is 18.6 Å². The van der Waals surface area contributed by atoms with E-state index in [9.17, 15) is 0 Å². The van der Waals surface area contributed by atoms with E-state index in [1.807, 2.05) is 12.5 Å². The minimum Gasteiger partial charge on any atom is -0.379 e. The highest BCUT2D eigenvalue weighted by Gasteiger charge is 2.03. The molecule has 3 heteroatoms. The van der Waals surface area contributed by atoms with Gasteiger partial charge in [0.15, 0.2) is 0 Å². The van der Waals surface area contributed by atoms with E-state index in [4.69, 9.17) is 0 Å². The van der Waals surface area contributed by atoms with Crippen LogP contribution in [0.2, 0.25) is 0 Å². The predicted molar refractivity (Wildman–Crippen MR) is 75.8 cm³/mol. The van der Waals surface area contributed by atoms with Crippen LogP contribution in [0.4, 0.5) is 5.69 Å². The van der Waals surface area contributed by atoms with E-state index in [-0.39, 0.29) is 0 Å². The Labute approximate surface area is 109 Å². The van der Waals surface area contributed by atoms with Crippen LogP contribution >= 0.6 is 0 Å². The summed E-state index contributed by atoms with van der Waals surface area (Å²) in [6.07, 6.45) is 4.98. The summed E-state index contributed by atoms with van der Waals surface area (Å²) in [5.41, 5.74) is 5.08. The maximum atomic E-state index is 4.22. The zero-order valence-electron chi connectivity index (χ0n) is 11.4. The number of imidazole rings is 1. The van der Waals surface area contributed by atoms with Crippen molar-refractivity contribution in [2.45, 2.75) is 40.3 Å². The van der Waals surface area contributed by atoms with Gasteiger partial charge < -0.3 is 9.88 Å². The number of nitrogens with zero attached hydrogens (tertiary/aromatic N) is 2. The number of rotatable bonds is 5. The Bertz CT molecular complexity index is 514. The van der Waals surface area contributed by atoms with Crippen LogP contribution in [0.15, 0.2) is 30.7 Å². The van der Waals surface area contributed by atoms with Gasteiger partial charge in [0.2, 0.25) is 0 Å². The Morgan fingerprint density at radius 2 is 2.11 bits per heavy atom. The molecule has 1 N–H and O–H groups in total. The van der Waals surface area contributed by atoms with Gasteiger partial charge in [-0.15, -0.1) is 0 Å². The van der Waals surface area contributed by atoms with Crippen LogP contribution < -0.4 is 5.32 Å². The van der Waals surface area contributed by atoms with Gasteiger partial charge in [0.25, 0.3) is 0 Å². The lowest BCUT2D eigenvalue weighted by atomic mass is 10.1. The van der Waals surface area contributed by atoms with Crippen molar-refractivity contribution in [1.29, 1.82) is 0 Å². The number of benzene rings is 1. The summed E-state index contributed by atoms with van der Waals surface area (Å²) in [7, 11) is 0. The van der Waals surface area contributed by atoms with Crippen molar-refractivity contribution in [1.82, 2.24) is 9.55 Å². The quantitative estimate of drug-likeness (QED) is 0.870. The first-order valence-electron chi connectivity index (χ1n) is 6.51. The number of hydrogen-bond donors (Lipinski definition) is 1. The predicted octanol–water partition coefficient (Wildman–Crippen LogP) is 3.52. The van der Waals surface area contributed by atoms with Crippen LogP contribution in [0.3, 0.4) is 0 Å². The minimum atomic E-state index is 0.824. The molecule has 96 valence electrons. The molecule has 2 aromatic rings. The van der Waals surface area contributed by atoms with Crippen molar-refractivity contribution in [3.8, 4) is 0 Å². The zero-order chi connectivity index (χ0) is 13.0. The second kappa shape index (κ2) is 5.71. The van der Waals surface area contributed by atoms with Crippen LogP contribution in [0.25, 0.3) is 0 Å². The Kier molecular flexibility index (Phi) is 4.03. The smallest absolute Gasteiger partial charge is 0.0948 e. The number of hydrogen-bond acceptors (Lipinski definition) is 2. The standard InChI is InChI=1S/C15H21N3/c1-4-8-18-11-16-9-14(18)10-17-15-7-5-6-12(2)13(15)3/h5-7,9,11,17H,4,8,10H2,1-3H3. The third-order valence-corrected chi connectivity index (χ3v) is 3.33. The van der Waals surface area contributed by atoms with Crippen LogP contribution in [-0.4, -0.2) is 9.55 Å². The summed E-state index contributed by atoms with van der Waals surface area (Å²) in [6, 6.07) is 6.36. The molecule has 1 aromatic heterocycles. The van der Waals surface area contributed by atoms with Crippen LogP contribution in [0.1, 0.15) is 30.2 Å². The van der Waals surface area contributed by atoms with Gasteiger partial charge in [-0.2, -0.15) is 0 Å². The van der Waals surface area contributed by atoms with Gasteiger partial charge in [-0.3, -0.25) is 0 Å². The highest BCUT2D eigenvalue weighted by atomic mass is 15.1. The monoisotopic (exact) mass is 243 g/mol. The number of anilines is 1. The fourth-order valence-corrected chi connectivity index (χ4v) is 2.07. The molecule has 0 spiro atoms. The summed E-state index contributed by atoms with van der Waals surface area (Å²) >= 11 is 0. The third kappa shape index (κ3) is 2.73. The Balaban J connectivity index is 2.07. The van der Waals surface area contributed by atoms with Gasteiger partial charge in [-0.1, -0.05) is 19.1 Å². The van der Waals surface area contributed by atoms with Crippen LogP contribution in [0.5, 0.6) is 0 Å². The molecule has 0 aliphatic rings. The molecule has 0 bridgehead atoms. The second-order valence-corrected chi connectivity index (χ2v) is 4.68. The fourth-order valence-electron chi connectivity index (χ4n) is 2.07. The van der Waals surface area contributed by atoms with Crippen molar-refractivity contribution >= 4 is 5.69 Å². The first-order valence-corrected chi connectivity index (χ1v) is 6.51. The first kappa shape index (κ1) is 12.7. The minimum absolute atomic E-state index is 0.824. The summed E-state index contributed by atoms with van der Waals surface area (Å²) < 4.78 is 2.21. The van der Waals surface area contributed by atoms with Crippen LogP contribution in [-0.2, 0) is 13.1 Å². The van der Waals surface area contributed by atoms with Crippen molar-refractivity contribution in [3.05, 3.63) is 47.5 Å². The van der Waals surface area contributed by atoms with E-state index in [1.165, 1.54) is 22.5 Å². The van der Waals surface area contributed by atoms with E-state index in [0.717, 1.165) is 19.5 Å². The first-order chi connectivity index (χ1) is 8.72. The van der Waals surface area contributed by atoms with Crippen molar-refractivity contribution in [2.24, 2.45) is 0 Å². The molecule has 0 amide bonds. The number of nitrogens with one attached hydrogen (secondary N) is 1. The molecular formula is C15H21N3. The molecule has 0 atom stereocenters. The molecule has 18 heavy (non-hydrogen) atoms. The van der Waals surface area contributed by atoms with Gasteiger partial charge in [0.1, 0.15) is 0 Å².